The Morgan fingerprint density at radius 3 is 2.70 bits per heavy atom. The van der Waals surface area contributed by atoms with Gasteiger partial charge in [-0.1, -0.05) is 13.8 Å². The molecule has 1 amide bonds. The number of anilines is 1. The first-order valence-electron chi connectivity index (χ1n) is 7.61. The van der Waals surface area contributed by atoms with Crippen LogP contribution in [-0.2, 0) is 14.3 Å². The van der Waals surface area contributed by atoms with Gasteiger partial charge in [-0.3, -0.25) is 4.79 Å². The van der Waals surface area contributed by atoms with Crippen LogP contribution in [0.1, 0.15) is 37.7 Å². The van der Waals surface area contributed by atoms with Crippen molar-refractivity contribution < 1.29 is 19.1 Å². The highest BCUT2D eigenvalue weighted by molar-refractivity contribution is 7.13. The molecular formula is C15H25N3O4S. The number of amides is 1. The van der Waals surface area contributed by atoms with Crippen molar-refractivity contribution in [2.24, 2.45) is 5.92 Å². The largest absolute Gasteiger partial charge is 0.448 e. The zero-order valence-corrected chi connectivity index (χ0v) is 14.9. The third-order valence-electron chi connectivity index (χ3n) is 2.97. The van der Waals surface area contributed by atoms with Crippen LogP contribution in [0.25, 0.3) is 0 Å². The fourth-order valence-electron chi connectivity index (χ4n) is 1.61. The summed E-state index contributed by atoms with van der Waals surface area (Å²) in [6, 6.07) is 0. The van der Waals surface area contributed by atoms with Gasteiger partial charge < -0.3 is 20.1 Å². The number of hydrogen-bond donors (Lipinski definition) is 2. The zero-order valence-electron chi connectivity index (χ0n) is 14.0. The SMILES string of the molecule is COCCNC(=O)[C@H](C)OC(=O)c1csc(NCCC(C)C)n1. The molecular weight excluding hydrogens is 318 g/mol. The third kappa shape index (κ3) is 7.43. The highest BCUT2D eigenvalue weighted by Crippen LogP contribution is 2.17. The molecule has 1 aromatic heterocycles. The number of rotatable bonds is 10. The Kier molecular flexibility index (Phi) is 8.57. The number of nitrogens with zero attached hydrogens (tertiary/aromatic N) is 1. The van der Waals surface area contributed by atoms with Crippen molar-refractivity contribution in [2.75, 3.05) is 32.1 Å². The molecule has 1 aromatic rings. The van der Waals surface area contributed by atoms with Crippen LogP contribution in [0.2, 0.25) is 0 Å². The molecule has 1 heterocycles. The summed E-state index contributed by atoms with van der Waals surface area (Å²) in [4.78, 5) is 27.9. The van der Waals surface area contributed by atoms with Crippen molar-refractivity contribution in [3.05, 3.63) is 11.1 Å². The molecule has 0 aliphatic rings. The summed E-state index contributed by atoms with van der Waals surface area (Å²) in [6.07, 6.45) is 0.149. The molecule has 0 saturated carbocycles. The van der Waals surface area contributed by atoms with E-state index in [0.717, 1.165) is 13.0 Å². The molecule has 0 unspecified atom stereocenters. The quantitative estimate of drug-likeness (QED) is 0.498. The second-order valence-corrected chi connectivity index (χ2v) is 6.34. The average molecular weight is 343 g/mol. The summed E-state index contributed by atoms with van der Waals surface area (Å²) in [5, 5.41) is 8.08. The van der Waals surface area contributed by atoms with E-state index in [9.17, 15) is 9.59 Å². The van der Waals surface area contributed by atoms with Gasteiger partial charge in [0.2, 0.25) is 0 Å². The average Bonchev–Trinajstić information content (AvgIpc) is 2.96. The second kappa shape index (κ2) is 10.2. The molecule has 0 fully saturated rings. The topological polar surface area (TPSA) is 89.5 Å². The van der Waals surface area contributed by atoms with Crippen molar-refractivity contribution in [3.63, 3.8) is 0 Å². The first kappa shape index (κ1) is 19.4. The van der Waals surface area contributed by atoms with Crippen LogP contribution in [0.5, 0.6) is 0 Å². The first-order valence-corrected chi connectivity index (χ1v) is 8.49. The van der Waals surface area contributed by atoms with Crippen molar-refractivity contribution in [1.29, 1.82) is 0 Å². The Labute approximate surface area is 140 Å². The molecule has 1 rings (SSSR count). The van der Waals surface area contributed by atoms with Crippen molar-refractivity contribution in [1.82, 2.24) is 10.3 Å². The molecule has 0 aliphatic heterocycles. The number of thiazole rings is 1. The molecule has 0 aromatic carbocycles. The van der Waals surface area contributed by atoms with Crippen LogP contribution in [0.3, 0.4) is 0 Å². The van der Waals surface area contributed by atoms with E-state index >= 15 is 0 Å². The highest BCUT2D eigenvalue weighted by atomic mass is 32.1. The molecule has 0 radical (unpaired) electrons. The van der Waals surface area contributed by atoms with Gasteiger partial charge in [-0.15, -0.1) is 11.3 Å². The molecule has 7 nitrogen and oxygen atoms in total. The fourth-order valence-corrected chi connectivity index (χ4v) is 2.32. The van der Waals surface area contributed by atoms with E-state index in [4.69, 9.17) is 9.47 Å². The van der Waals surface area contributed by atoms with E-state index in [1.165, 1.54) is 18.3 Å². The molecule has 1 atom stereocenters. The lowest BCUT2D eigenvalue weighted by Crippen LogP contribution is -2.37. The predicted molar refractivity (Wildman–Crippen MR) is 89.8 cm³/mol. The van der Waals surface area contributed by atoms with Crippen LogP contribution >= 0.6 is 11.3 Å². The number of ether oxygens (including phenoxy) is 2. The van der Waals surface area contributed by atoms with Crippen molar-refractivity contribution in [2.45, 2.75) is 33.3 Å². The van der Waals surface area contributed by atoms with Crippen molar-refractivity contribution in [3.8, 4) is 0 Å². The molecule has 0 bridgehead atoms. The van der Waals surface area contributed by atoms with Gasteiger partial charge in [-0.2, -0.15) is 0 Å². The van der Waals surface area contributed by atoms with E-state index in [2.05, 4.69) is 29.5 Å². The second-order valence-electron chi connectivity index (χ2n) is 5.48. The van der Waals surface area contributed by atoms with Gasteiger partial charge in [0.25, 0.3) is 5.91 Å². The van der Waals surface area contributed by atoms with Gasteiger partial charge in [0, 0.05) is 25.6 Å². The van der Waals surface area contributed by atoms with Gasteiger partial charge in [-0.25, -0.2) is 9.78 Å². The summed E-state index contributed by atoms with van der Waals surface area (Å²) < 4.78 is 9.94. The van der Waals surface area contributed by atoms with Crippen LogP contribution in [0.4, 0.5) is 5.13 Å². The van der Waals surface area contributed by atoms with Gasteiger partial charge in [0.15, 0.2) is 16.9 Å². The van der Waals surface area contributed by atoms with Crippen LogP contribution in [0, 0.1) is 5.92 Å². The molecule has 0 spiro atoms. The summed E-state index contributed by atoms with van der Waals surface area (Å²) in [6.45, 7) is 7.39. The van der Waals surface area contributed by atoms with Crippen LogP contribution in [0.15, 0.2) is 5.38 Å². The number of hydrogen-bond acceptors (Lipinski definition) is 7. The van der Waals surface area contributed by atoms with Gasteiger partial charge >= 0.3 is 5.97 Å². The Hall–Kier alpha value is -1.67. The molecule has 8 heteroatoms. The number of aromatic nitrogens is 1. The number of carbonyl (C=O) groups excluding carboxylic acids is 2. The maximum absolute atomic E-state index is 12.0. The summed E-state index contributed by atoms with van der Waals surface area (Å²) in [5.41, 5.74) is 0.207. The lowest BCUT2D eigenvalue weighted by Gasteiger charge is -2.12. The van der Waals surface area contributed by atoms with E-state index in [1.807, 2.05) is 0 Å². The first-order chi connectivity index (χ1) is 10.9. The van der Waals surface area contributed by atoms with E-state index in [0.29, 0.717) is 24.2 Å². The minimum atomic E-state index is -0.876. The minimum Gasteiger partial charge on any atom is -0.448 e. The highest BCUT2D eigenvalue weighted by Gasteiger charge is 2.20. The minimum absolute atomic E-state index is 0.207. The number of esters is 1. The molecule has 130 valence electrons. The number of methoxy groups -OCH3 is 1. The lowest BCUT2D eigenvalue weighted by molar-refractivity contribution is -0.129. The van der Waals surface area contributed by atoms with E-state index < -0.39 is 12.1 Å². The predicted octanol–water partition coefficient (Wildman–Crippen LogP) is 1.91. The van der Waals surface area contributed by atoms with Gasteiger partial charge in [-0.05, 0) is 19.3 Å². The Morgan fingerprint density at radius 1 is 1.30 bits per heavy atom. The summed E-state index contributed by atoms with van der Waals surface area (Å²) >= 11 is 1.34. The third-order valence-corrected chi connectivity index (χ3v) is 3.77. The Bertz CT molecular complexity index is 505. The zero-order chi connectivity index (χ0) is 17.2. The normalized spacial score (nSPS) is 12.0. The smallest absolute Gasteiger partial charge is 0.358 e. The van der Waals surface area contributed by atoms with Gasteiger partial charge in [0.1, 0.15) is 0 Å². The molecule has 2 N–H and O–H groups in total. The van der Waals surface area contributed by atoms with Crippen LogP contribution < -0.4 is 10.6 Å². The Morgan fingerprint density at radius 2 is 2.04 bits per heavy atom. The van der Waals surface area contributed by atoms with Crippen LogP contribution in [-0.4, -0.2) is 49.8 Å². The lowest BCUT2D eigenvalue weighted by atomic mass is 10.1. The molecule has 0 saturated heterocycles. The monoisotopic (exact) mass is 343 g/mol. The maximum Gasteiger partial charge on any atom is 0.358 e. The number of nitrogens with one attached hydrogen (secondary N) is 2. The standard InChI is InChI=1S/C15H25N3O4S/c1-10(2)5-6-17-15-18-12(9-23-15)14(20)22-11(3)13(19)16-7-8-21-4/h9-11H,5-8H2,1-4H3,(H,16,19)(H,17,18)/t11-/m0/s1. The van der Waals surface area contributed by atoms with E-state index in [-0.39, 0.29) is 11.6 Å². The van der Waals surface area contributed by atoms with Crippen molar-refractivity contribution >= 4 is 28.3 Å². The summed E-state index contributed by atoms with van der Waals surface area (Å²) in [5.74, 6) is -0.363. The summed E-state index contributed by atoms with van der Waals surface area (Å²) in [7, 11) is 1.55. The molecule has 0 aliphatic carbocycles. The molecule has 23 heavy (non-hydrogen) atoms. The Balaban J connectivity index is 2.42. The number of carbonyl (C=O) groups is 2. The van der Waals surface area contributed by atoms with E-state index in [1.54, 1.807) is 12.5 Å². The fraction of sp³-hybridized carbons (Fsp3) is 0.667. The van der Waals surface area contributed by atoms with Gasteiger partial charge in [0.05, 0.1) is 6.61 Å². The maximum atomic E-state index is 12.0.